The average molecular weight is 472 g/mol. The second-order valence-electron chi connectivity index (χ2n) is 9.15. The van der Waals surface area contributed by atoms with Crippen LogP contribution < -0.4 is 0 Å². The molecule has 0 bridgehead atoms. The number of nitrogens with zero attached hydrogens (tertiary/aromatic N) is 1. The van der Waals surface area contributed by atoms with Crippen molar-refractivity contribution < 1.29 is 4.74 Å². The SMILES string of the molecule is C=C/C=C\C=C(/c1ccccc1)N(C1=CCCC=C1C1=CCC=C1)C1=CC=CCC1C1=CC=COC1. The van der Waals surface area contributed by atoms with Gasteiger partial charge in [-0.1, -0.05) is 104 Å². The van der Waals surface area contributed by atoms with Crippen molar-refractivity contribution in [2.45, 2.75) is 25.7 Å². The van der Waals surface area contributed by atoms with Crippen LogP contribution in [0.25, 0.3) is 5.70 Å². The third-order valence-electron chi connectivity index (χ3n) is 6.84. The Morgan fingerprint density at radius 3 is 2.64 bits per heavy atom. The monoisotopic (exact) mass is 471 g/mol. The fourth-order valence-corrected chi connectivity index (χ4v) is 5.16. The third kappa shape index (κ3) is 5.13. The number of benzene rings is 1. The molecule has 2 heteroatoms. The Hall–Kier alpha value is -4.04. The maximum atomic E-state index is 5.74. The van der Waals surface area contributed by atoms with Gasteiger partial charge in [0.2, 0.25) is 0 Å². The summed E-state index contributed by atoms with van der Waals surface area (Å²) < 4.78 is 5.74. The molecule has 1 aliphatic heterocycles. The highest BCUT2D eigenvalue weighted by Gasteiger charge is 2.31. The fraction of sp³-hybridized carbons (Fsp3) is 0.176. The second-order valence-corrected chi connectivity index (χ2v) is 9.15. The van der Waals surface area contributed by atoms with E-state index in [0.29, 0.717) is 6.61 Å². The molecule has 1 aromatic rings. The number of ether oxygens (including phenoxy) is 1. The first-order valence-electron chi connectivity index (χ1n) is 12.8. The first-order chi connectivity index (χ1) is 17.9. The minimum atomic E-state index is 0.229. The van der Waals surface area contributed by atoms with Crippen LogP contribution >= 0.6 is 0 Å². The van der Waals surface area contributed by atoms with Gasteiger partial charge in [-0.25, -0.2) is 0 Å². The van der Waals surface area contributed by atoms with Crippen molar-refractivity contribution in [2.24, 2.45) is 5.92 Å². The Labute approximate surface area is 215 Å². The lowest BCUT2D eigenvalue weighted by atomic mass is 9.85. The molecule has 5 rings (SSSR count). The Morgan fingerprint density at radius 2 is 1.86 bits per heavy atom. The number of hydrogen-bond acceptors (Lipinski definition) is 2. The first-order valence-corrected chi connectivity index (χ1v) is 12.8. The van der Waals surface area contributed by atoms with Crippen molar-refractivity contribution in [3.05, 3.63) is 162 Å². The van der Waals surface area contributed by atoms with Crippen molar-refractivity contribution in [1.82, 2.24) is 4.90 Å². The van der Waals surface area contributed by atoms with Gasteiger partial charge in [0, 0.05) is 22.9 Å². The van der Waals surface area contributed by atoms with Gasteiger partial charge in [-0.3, -0.25) is 0 Å². The lowest BCUT2D eigenvalue weighted by Crippen LogP contribution is -2.30. The molecule has 2 nitrogen and oxygen atoms in total. The average Bonchev–Trinajstić information content (AvgIpc) is 3.49. The van der Waals surface area contributed by atoms with Crippen molar-refractivity contribution >= 4 is 5.70 Å². The normalized spacial score (nSPS) is 21.4. The molecule has 0 saturated heterocycles. The van der Waals surface area contributed by atoms with Crippen LogP contribution in [0.4, 0.5) is 0 Å². The summed E-state index contributed by atoms with van der Waals surface area (Å²) in [5.41, 5.74) is 8.77. The highest BCUT2D eigenvalue weighted by atomic mass is 16.5. The zero-order valence-electron chi connectivity index (χ0n) is 20.7. The van der Waals surface area contributed by atoms with E-state index >= 15 is 0 Å². The standard InChI is InChI=1S/C34H33NO/c1-2-3-5-22-32(28-17-6-4-7-18-28)35(33-23-12-10-20-30(33)27-15-8-9-16-27)34-24-13-11-21-31(34)29-19-14-25-36-26-29/h2-8,11,13-20,22-25,31H,1,9-10,12,21,26H2/b5-3-,32-22+. The number of allylic oxidation sites excluding steroid dienone is 16. The molecule has 1 heterocycles. The Bertz CT molecular complexity index is 1290. The summed E-state index contributed by atoms with van der Waals surface area (Å²) in [4.78, 5) is 2.49. The minimum Gasteiger partial charge on any atom is -0.497 e. The quantitative estimate of drug-likeness (QED) is 0.352. The molecule has 0 aromatic heterocycles. The van der Waals surface area contributed by atoms with E-state index in [2.05, 4.69) is 109 Å². The van der Waals surface area contributed by atoms with E-state index in [1.165, 1.54) is 33.7 Å². The minimum absolute atomic E-state index is 0.229. The van der Waals surface area contributed by atoms with E-state index in [1.807, 2.05) is 18.2 Å². The zero-order valence-corrected chi connectivity index (χ0v) is 20.7. The van der Waals surface area contributed by atoms with E-state index < -0.39 is 0 Å². The van der Waals surface area contributed by atoms with E-state index in [9.17, 15) is 0 Å². The highest BCUT2D eigenvalue weighted by Crippen LogP contribution is 2.43. The molecule has 3 aliphatic carbocycles. The first kappa shape index (κ1) is 23.7. The number of rotatable bonds is 8. The topological polar surface area (TPSA) is 12.5 Å². The largest absolute Gasteiger partial charge is 0.497 e. The Kier molecular flexibility index (Phi) is 7.63. The van der Waals surface area contributed by atoms with Crippen LogP contribution in [-0.2, 0) is 4.74 Å². The molecular weight excluding hydrogens is 438 g/mol. The van der Waals surface area contributed by atoms with E-state index in [-0.39, 0.29) is 5.92 Å². The summed E-state index contributed by atoms with van der Waals surface area (Å²) in [5.74, 6) is 0.229. The maximum Gasteiger partial charge on any atom is 0.109 e. The van der Waals surface area contributed by atoms with Gasteiger partial charge in [-0.2, -0.15) is 0 Å². The predicted octanol–water partition coefficient (Wildman–Crippen LogP) is 8.49. The predicted molar refractivity (Wildman–Crippen MR) is 151 cm³/mol. The van der Waals surface area contributed by atoms with Gasteiger partial charge in [0.15, 0.2) is 0 Å². The summed E-state index contributed by atoms with van der Waals surface area (Å²) in [5, 5.41) is 0. The van der Waals surface area contributed by atoms with Gasteiger partial charge in [0.05, 0.1) is 12.0 Å². The molecule has 0 amide bonds. The van der Waals surface area contributed by atoms with Crippen LogP contribution in [0, 0.1) is 5.92 Å². The lowest BCUT2D eigenvalue weighted by Gasteiger charge is -2.39. The molecule has 0 radical (unpaired) electrons. The van der Waals surface area contributed by atoms with Crippen LogP contribution in [0.2, 0.25) is 0 Å². The molecule has 36 heavy (non-hydrogen) atoms. The molecule has 0 spiro atoms. The Balaban J connectivity index is 1.69. The molecular formula is C34H33NO. The summed E-state index contributed by atoms with van der Waals surface area (Å²) in [7, 11) is 0. The zero-order chi connectivity index (χ0) is 24.6. The van der Waals surface area contributed by atoms with Crippen LogP contribution in [0.3, 0.4) is 0 Å². The fourth-order valence-electron chi connectivity index (χ4n) is 5.16. The van der Waals surface area contributed by atoms with Gasteiger partial charge < -0.3 is 9.64 Å². The van der Waals surface area contributed by atoms with Gasteiger partial charge in [0.1, 0.15) is 6.61 Å². The third-order valence-corrected chi connectivity index (χ3v) is 6.84. The van der Waals surface area contributed by atoms with Gasteiger partial charge >= 0.3 is 0 Å². The molecule has 180 valence electrons. The molecule has 1 aromatic carbocycles. The lowest BCUT2D eigenvalue weighted by molar-refractivity contribution is 0.262. The maximum absolute atomic E-state index is 5.74. The molecule has 0 fully saturated rings. The highest BCUT2D eigenvalue weighted by molar-refractivity contribution is 5.72. The van der Waals surface area contributed by atoms with Crippen LogP contribution in [-0.4, -0.2) is 11.5 Å². The smallest absolute Gasteiger partial charge is 0.109 e. The van der Waals surface area contributed by atoms with Crippen molar-refractivity contribution in [2.75, 3.05) is 6.61 Å². The molecule has 0 N–H and O–H groups in total. The van der Waals surface area contributed by atoms with E-state index in [0.717, 1.165) is 31.4 Å². The molecule has 1 atom stereocenters. The number of hydrogen-bond donors (Lipinski definition) is 0. The van der Waals surface area contributed by atoms with Crippen molar-refractivity contribution in [1.29, 1.82) is 0 Å². The summed E-state index contributed by atoms with van der Waals surface area (Å²) in [6.07, 6.45) is 36.6. The van der Waals surface area contributed by atoms with Crippen LogP contribution in [0.1, 0.15) is 31.2 Å². The van der Waals surface area contributed by atoms with E-state index in [4.69, 9.17) is 4.74 Å². The van der Waals surface area contributed by atoms with Gasteiger partial charge in [0.25, 0.3) is 0 Å². The molecule has 4 aliphatic rings. The molecule has 0 saturated carbocycles. The van der Waals surface area contributed by atoms with Crippen LogP contribution in [0.5, 0.6) is 0 Å². The van der Waals surface area contributed by atoms with Crippen molar-refractivity contribution in [3.8, 4) is 0 Å². The summed E-state index contributed by atoms with van der Waals surface area (Å²) in [6, 6.07) is 10.7. The van der Waals surface area contributed by atoms with Crippen LogP contribution in [0.15, 0.2) is 156 Å². The summed E-state index contributed by atoms with van der Waals surface area (Å²) in [6.45, 7) is 4.50. The van der Waals surface area contributed by atoms with E-state index in [1.54, 1.807) is 6.26 Å². The molecule has 1 unspecified atom stereocenters. The summed E-state index contributed by atoms with van der Waals surface area (Å²) >= 11 is 0. The van der Waals surface area contributed by atoms with Crippen molar-refractivity contribution in [3.63, 3.8) is 0 Å². The Morgan fingerprint density at radius 1 is 0.972 bits per heavy atom. The van der Waals surface area contributed by atoms with Gasteiger partial charge in [-0.15, -0.1) is 0 Å². The second kappa shape index (κ2) is 11.6. The van der Waals surface area contributed by atoms with Gasteiger partial charge in [-0.05, 0) is 60.6 Å².